The van der Waals surface area contributed by atoms with Crippen molar-refractivity contribution in [2.75, 3.05) is 0 Å². The van der Waals surface area contributed by atoms with Gasteiger partial charge < -0.3 is 0 Å². The highest BCUT2D eigenvalue weighted by Crippen LogP contribution is 2.39. The van der Waals surface area contributed by atoms with Gasteiger partial charge >= 0.3 is 0 Å². The Morgan fingerprint density at radius 3 is 1.25 bits per heavy atom. The Hall–Kier alpha value is -1.70. The van der Waals surface area contributed by atoms with E-state index in [9.17, 15) is 0 Å². The van der Waals surface area contributed by atoms with Gasteiger partial charge in [-0.2, -0.15) is 0 Å². The van der Waals surface area contributed by atoms with Crippen LogP contribution in [-0.4, -0.2) is 0 Å². The van der Waals surface area contributed by atoms with Crippen molar-refractivity contribution in [1.29, 1.82) is 0 Å². The van der Waals surface area contributed by atoms with Crippen molar-refractivity contribution in [3.05, 3.63) is 49.1 Å². The molecule has 0 spiro atoms. The first-order valence-electron chi connectivity index (χ1n) is 13.4. The third-order valence-corrected chi connectivity index (χ3v) is 8.78. The molecule has 2 aliphatic carbocycles. The second-order valence-electron chi connectivity index (χ2n) is 11.9. The van der Waals surface area contributed by atoms with Crippen LogP contribution in [-0.2, 0) is 0 Å². The molecule has 6 atom stereocenters. The van der Waals surface area contributed by atoms with Gasteiger partial charge in [0, 0.05) is 48.9 Å². The molecule has 6 unspecified atom stereocenters. The number of pyridine rings is 2. The van der Waals surface area contributed by atoms with Crippen molar-refractivity contribution in [3.63, 3.8) is 0 Å². The highest BCUT2D eigenvalue weighted by atomic mass is 15.0. The molecule has 0 aromatic carbocycles. The van der Waals surface area contributed by atoms with Crippen LogP contribution in [0, 0.1) is 35.5 Å². The van der Waals surface area contributed by atoms with Crippen LogP contribution < -0.4 is 9.13 Å². The molecule has 174 valence electrons. The molecule has 2 aromatic heterocycles. The Bertz CT molecular complexity index is 778. The number of rotatable bonds is 5. The number of nitrogens with zero attached hydrogens (tertiary/aromatic N) is 2. The zero-order chi connectivity index (χ0) is 22.8. The van der Waals surface area contributed by atoms with E-state index in [-0.39, 0.29) is 0 Å². The highest BCUT2D eigenvalue weighted by molar-refractivity contribution is 5.60. The maximum absolute atomic E-state index is 2.50. The van der Waals surface area contributed by atoms with Gasteiger partial charge in [0.1, 0.15) is 0 Å². The van der Waals surface area contributed by atoms with Gasteiger partial charge in [0.2, 0.25) is 0 Å². The molecule has 2 aromatic rings. The van der Waals surface area contributed by atoms with E-state index in [1.54, 1.807) is 0 Å². The minimum atomic E-state index is 0.645. The van der Waals surface area contributed by atoms with Gasteiger partial charge in [0.15, 0.2) is 36.9 Å². The molecule has 0 N–H and O–H groups in total. The van der Waals surface area contributed by atoms with Crippen LogP contribution in [0.5, 0.6) is 0 Å². The maximum atomic E-state index is 2.50. The topological polar surface area (TPSA) is 7.76 Å². The van der Waals surface area contributed by atoms with Crippen molar-refractivity contribution in [2.45, 2.75) is 92.2 Å². The van der Waals surface area contributed by atoms with E-state index in [4.69, 9.17) is 0 Å². The summed E-state index contributed by atoms with van der Waals surface area (Å²) in [6.45, 7) is 14.5. The zero-order valence-corrected chi connectivity index (χ0v) is 21.4. The summed E-state index contributed by atoms with van der Waals surface area (Å²) in [5, 5.41) is 0. The summed E-state index contributed by atoms with van der Waals surface area (Å²) >= 11 is 0. The molecule has 32 heavy (non-hydrogen) atoms. The van der Waals surface area contributed by atoms with Gasteiger partial charge in [-0.05, 0) is 60.5 Å². The van der Waals surface area contributed by atoms with Gasteiger partial charge in [0.25, 0.3) is 0 Å². The van der Waals surface area contributed by atoms with Crippen LogP contribution in [0.3, 0.4) is 0 Å². The molecule has 0 radical (unpaired) electrons. The van der Waals surface area contributed by atoms with Gasteiger partial charge in [0.05, 0.1) is 0 Å². The smallest absolute Gasteiger partial charge is 0.169 e. The minimum Gasteiger partial charge on any atom is -0.202 e. The summed E-state index contributed by atoms with van der Waals surface area (Å²) in [6.07, 6.45) is 17.5. The average molecular weight is 435 g/mol. The molecular weight excluding hydrogens is 388 g/mol. The molecule has 2 nitrogen and oxygen atoms in total. The van der Waals surface area contributed by atoms with Crippen LogP contribution >= 0.6 is 0 Å². The Morgan fingerprint density at radius 2 is 0.938 bits per heavy atom. The lowest BCUT2D eigenvalue weighted by Gasteiger charge is -2.33. The molecule has 2 fully saturated rings. The van der Waals surface area contributed by atoms with E-state index in [1.807, 2.05) is 0 Å². The first kappa shape index (κ1) is 23.5. The van der Waals surface area contributed by atoms with Gasteiger partial charge in [-0.3, -0.25) is 0 Å². The minimum absolute atomic E-state index is 0.645. The van der Waals surface area contributed by atoms with Crippen LogP contribution in [0.4, 0.5) is 0 Å². The van der Waals surface area contributed by atoms with Crippen molar-refractivity contribution < 1.29 is 9.13 Å². The average Bonchev–Trinajstić information content (AvgIpc) is 2.79. The summed E-state index contributed by atoms with van der Waals surface area (Å²) in [6, 6.07) is 10.6. The van der Waals surface area contributed by atoms with Crippen molar-refractivity contribution >= 4 is 0 Å². The molecule has 2 aliphatic rings. The van der Waals surface area contributed by atoms with Crippen LogP contribution in [0.25, 0.3) is 11.1 Å². The normalized spacial score (nSPS) is 31.2. The fraction of sp³-hybridized carbons (Fsp3) is 0.667. The van der Waals surface area contributed by atoms with E-state index in [2.05, 4.69) is 99.7 Å². The summed E-state index contributed by atoms with van der Waals surface area (Å²) in [7, 11) is 0. The second kappa shape index (κ2) is 10.1. The molecule has 2 heteroatoms. The van der Waals surface area contributed by atoms with E-state index < -0.39 is 0 Å². The molecule has 4 rings (SSSR count). The fourth-order valence-electron chi connectivity index (χ4n) is 6.69. The number of hydrogen-bond acceptors (Lipinski definition) is 0. The highest BCUT2D eigenvalue weighted by Gasteiger charge is 2.38. The summed E-state index contributed by atoms with van der Waals surface area (Å²) < 4.78 is 5.01. The van der Waals surface area contributed by atoms with E-state index >= 15 is 0 Å². The van der Waals surface area contributed by atoms with Gasteiger partial charge in [-0.15, -0.1) is 0 Å². The number of hydrogen-bond donors (Lipinski definition) is 0. The SMILES string of the molecule is CC1CCC(C(C)C)C([n+]2ccc(-c3cc[n+](C4CC(C)CCC4C(C)C)cc3)cc2)C1. The molecule has 2 heterocycles. The molecule has 0 aliphatic heterocycles. The molecule has 0 amide bonds. The molecule has 2 saturated carbocycles. The summed E-state index contributed by atoms with van der Waals surface area (Å²) in [5.41, 5.74) is 2.66. The largest absolute Gasteiger partial charge is 0.202 e. The number of aromatic nitrogens is 2. The van der Waals surface area contributed by atoms with Crippen molar-refractivity contribution in [2.24, 2.45) is 35.5 Å². The predicted octanol–water partition coefficient (Wildman–Crippen LogP) is 7.20. The second-order valence-corrected chi connectivity index (χ2v) is 11.9. The van der Waals surface area contributed by atoms with Crippen LogP contribution in [0.15, 0.2) is 49.1 Å². The van der Waals surface area contributed by atoms with Crippen LogP contribution in [0.2, 0.25) is 0 Å². The fourth-order valence-corrected chi connectivity index (χ4v) is 6.69. The lowest BCUT2D eigenvalue weighted by molar-refractivity contribution is -0.734. The molecule has 0 saturated heterocycles. The van der Waals surface area contributed by atoms with Gasteiger partial charge in [-0.1, -0.05) is 41.5 Å². The predicted molar refractivity (Wildman–Crippen MR) is 133 cm³/mol. The Labute approximate surface area is 197 Å². The zero-order valence-electron chi connectivity index (χ0n) is 21.4. The first-order valence-corrected chi connectivity index (χ1v) is 13.4. The third-order valence-electron chi connectivity index (χ3n) is 8.78. The van der Waals surface area contributed by atoms with Gasteiger partial charge in [-0.25, -0.2) is 9.13 Å². The first-order chi connectivity index (χ1) is 15.3. The standard InChI is InChI=1S/C30H46N2/c1-21(2)27-9-7-23(5)19-29(27)31-15-11-25(12-16-31)26-13-17-32(18-14-26)30-20-24(6)8-10-28(30)22(3)4/h11-18,21-24,27-30H,7-10,19-20H2,1-6H3/q+2. The van der Waals surface area contributed by atoms with Crippen LogP contribution in [0.1, 0.15) is 92.2 Å². The maximum Gasteiger partial charge on any atom is 0.169 e. The Balaban J connectivity index is 1.51. The van der Waals surface area contributed by atoms with E-state index in [0.29, 0.717) is 12.1 Å². The third kappa shape index (κ3) is 5.10. The summed E-state index contributed by atoms with van der Waals surface area (Å²) in [5.74, 6) is 4.77. The van der Waals surface area contributed by atoms with Crippen molar-refractivity contribution in [1.82, 2.24) is 0 Å². The quantitative estimate of drug-likeness (QED) is 0.440. The lowest BCUT2D eigenvalue weighted by Crippen LogP contribution is -2.47. The monoisotopic (exact) mass is 434 g/mol. The summed E-state index contributed by atoms with van der Waals surface area (Å²) in [4.78, 5) is 0. The van der Waals surface area contributed by atoms with Crippen molar-refractivity contribution in [3.8, 4) is 11.1 Å². The lowest BCUT2D eigenvalue weighted by atomic mass is 9.74. The molecular formula is C30H46N2+2. The molecule has 0 bridgehead atoms. The van der Waals surface area contributed by atoms with E-state index in [0.717, 1.165) is 35.5 Å². The Morgan fingerprint density at radius 1 is 0.594 bits per heavy atom. The van der Waals surface area contributed by atoms with E-state index in [1.165, 1.54) is 49.7 Å². The Kier molecular flexibility index (Phi) is 7.37.